The highest BCUT2D eigenvalue weighted by Gasteiger charge is 2.40. The molecule has 0 spiro atoms. The molecule has 3 atom stereocenters. The molecule has 2 N–H and O–H groups in total. The fourth-order valence-electron chi connectivity index (χ4n) is 4.83. The van der Waals surface area contributed by atoms with E-state index in [4.69, 9.17) is 21.1 Å². The maximum atomic E-state index is 12.7. The summed E-state index contributed by atoms with van der Waals surface area (Å²) in [4.78, 5) is 35.6. The number of hydrogen-bond acceptors (Lipinski definition) is 7. The van der Waals surface area contributed by atoms with Crippen LogP contribution in [0.2, 0.25) is 5.02 Å². The van der Waals surface area contributed by atoms with Crippen LogP contribution in [0.15, 0.2) is 30.5 Å². The first-order valence-corrected chi connectivity index (χ1v) is 13.2. The van der Waals surface area contributed by atoms with Gasteiger partial charge in [0.05, 0.1) is 28.3 Å². The average molecular weight is 530 g/mol. The number of aromatic nitrogens is 2. The fourth-order valence-corrected chi connectivity index (χ4v) is 5.10. The molecule has 10 heteroatoms. The van der Waals surface area contributed by atoms with Crippen molar-refractivity contribution in [1.29, 1.82) is 0 Å². The van der Waals surface area contributed by atoms with Crippen LogP contribution in [0.3, 0.4) is 0 Å². The van der Waals surface area contributed by atoms with Gasteiger partial charge in [-0.1, -0.05) is 30.5 Å². The summed E-state index contributed by atoms with van der Waals surface area (Å²) in [7, 11) is 0. The Morgan fingerprint density at radius 2 is 1.95 bits per heavy atom. The number of ether oxygens (including phenoxy) is 2. The highest BCUT2D eigenvalue weighted by molar-refractivity contribution is 6.33. The lowest BCUT2D eigenvalue weighted by Crippen LogP contribution is -2.45. The molecule has 0 bridgehead atoms. The predicted molar refractivity (Wildman–Crippen MR) is 143 cm³/mol. The van der Waals surface area contributed by atoms with E-state index in [-0.39, 0.29) is 42.3 Å². The second-order valence-corrected chi connectivity index (χ2v) is 11.2. The van der Waals surface area contributed by atoms with Gasteiger partial charge in [0.1, 0.15) is 18.5 Å². The first kappa shape index (κ1) is 27.1. The summed E-state index contributed by atoms with van der Waals surface area (Å²) in [6, 6.07) is 6.79. The highest BCUT2D eigenvalue weighted by atomic mass is 35.5. The molecule has 0 radical (unpaired) electrons. The molecule has 9 nitrogen and oxygen atoms in total. The summed E-state index contributed by atoms with van der Waals surface area (Å²) in [5.41, 5.74) is 0.980. The third-order valence-corrected chi connectivity index (χ3v) is 6.96. The van der Waals surface area contributed by atoms with Crippen LogP contribution in [0.5, 0.6) is 0 Å². The van der Waals surface area contributed by atoms with Gasteiger partial charge in [0.25, 0.3) is 5.91 Å². The first-order chi connectivity index (χ1) is 17.5. The molecule has 2 aromatic rings. The van der Waals surface area contributed by atoms with Crippen LogP contribution in [0.1, 0.15) is 82.3 Å². The summed E-state index contributed by atoms with van der Waals surface area (Å²) in [5.74, 6) is 0.641. The summed E-state index contributed by atoms with van der Waals surface area (Å²) in [5, 5.41) is 6.73. The van der Waals surface area contributed by atoms with E-state index in [0.717, 1.165) is 31.2 Å². The number of carbonyl (C=O) groups is 2. The van der Waals surface area contributed by atoms with Crippen molar-refractivity contribution in [2.75, 3.05) is 16.8 Å². The Kier molecular flexibility index (Phi) is 8.23. The molecule has 37 heavy (non-hydrogen) atoms. The Morgan fingerprint density at radius 1 is 1.22 bits per heavy atom. The number of cyclic esters (lactones) is 1. The second kappa shape index (κ2) is 11.2. The molecule has 1 aliphatic carbocycles. The third-order valence-electron chi connectivity index (χ3n) is 6.65. The predicted octanol–water partition coefficient (Wildman–Crippen LogP) is 5.50. The summed E-state index contributed by atoms with van der Waals surface area (Å²) in [6.45, 7) is 10.0. The number of nitrogens with one attached hydrogen (secondary N) is 2. The molecule has 4 rings (SSSR count). The lowest BCUT2D eigenvalue weighted by atomic mass is 10.1. The first-order valence-electron chi connectivity index (χ1n) is 12.9. The Morgan fingerprint density at radius 3 is 2.62 bits per heavy atom. The minimum absolute atomic E-state index is 0.142. The SMILES string of the molecule is C[C@H](Nc1nccc(N2C(=O)OC[C@@H]2[C@@H](C)OC(C)(C)C)n1)c1ccc(C(=O)NC2CCCC2)c(Cl)c1. The number of amides is 2. The van der Waals surface area contributed by atoms with E-state index in [2.05, 4.69) is 20.6 Å². The maximum Gasteiger partial charge on any atom is 0.416 e. The molecule has 200 valence electrons. The molecule has 1 saturated heterocycles. The third kappa shape index (κ3) is 6.70. The summed E-state index contributed by atoms with van der Waals surface area (Å²) in [6.07, 6.45) is 5.19. The molecule has 1 saturated carbocycles. The zero-order valence-corrected chi connectivity index (χ0v) is 22.8. The number of anilines is 2. The van der Waals surface area contributed by atoms with Crippen LogP contribution >= 0.6 is 11.6 Å². The van der Waals surface area contributed by atoms with Crippen molar-refractivity contribution in [2.24, 2.45) is 0 Å². The Hall–Kier alpha value is -2.91. The number of hydrogen-bond donors (Lipinski definition) is 2. The summed E-state index contributed by atoms with van der Waals surface area (Å²) >= 11 is 6.49. The van der Waals surface area contributed by atoms with Gasteiger partial charge >= 0.3 is 6.09 Å². The fraction of sp³-hybridized carbons (Fsp3) is 0.556. The topological polar surface area (TPSA) is 106 Å². The van der Waals surface area contributed by atoms with E-state index >= 15 is 0 Å². The molecule has 2 heterocycles. The molecular weight excluding hydrogens is 494 g/mol. The quantitative estimate of drug-likeness (QED) is 0.464. The highest BCUT2D eigenvalue weighted by Crippen LogP contribution is 2.28. The second-order valence-electron chi connectivity index (χ2n) is 10.7. The van der Waals surface area contributed by atoms with Crippen LogP contribution in [0.4, 0.5) is 16.6 Å². The molecule has 0 unspecified atom stereocenters. The minimum Gasteiger partial charge on any atom is -0.447 e. The smallest absolute Gasteiger partial charge is 0.416 e. The zero-order chi connectivity index (χ0) is 26.7. The van der Waals surface area contributed by atoms with Crippen LogP contribution in [-0.4, -0.2) is 52.4 Å². The molecule has 1 aromatic heterocycles. The van der Waals surface area contributed by atoms with Gasteiger partial charge in [-0.15, -0.1) is 0 Å². The van der Waals surface area contributed by atoms with Crippen molar-refractivity contribution in [3.05, 3.63) is 46.6 Å². The van der Waals surface area contributed by atoms with Gasteiger partial charge in [0, 0.05) is 12.2 Å². The number of halogens is 1. The molecule has 2 amide bonds. The standard InChI is InChI=1S/C27H36ClN5O4/c1-16(18-10-11-20(21(28)14-18)24(34)31-19-8-6-7-9-19)30-25-29-13-12-23(32-25)33-22(15-36-26(33)35)17(2)37-27(3,4)5/h10-14,16-17,19,22H,6-9,15H2,1-5H3,(H,31,34)(H,29,30,32)/t16-,17+,22+/m0/s1. The van der Waals surface area contributed by atoms with E-state index in [1.54, 1.807) is 24.4 Å². The Bertz CT molecular complexity index is 1130. The summed E-state index contributed by atoms with van der Waals surface area (Å²) < 4.78 is 11.4. The van der Waals surface area contributed by atoms with Crippen molar-refractivity contribution in [3.8, 4) is 0 Å². The van der Waals surface area contributed by atoms with Gasteiger partial charge in [-0.3, -0.25) is 9.69 Å². The monoisotopic (exact) mass is 529 g/mol. The van der Waals surface area contributed by atoms with Crippen molar-refractivity contribution < 1.29 is 19.1 Å². The van der Waals surface area contributed by atoms with E-state index in [1.165, 1.54) is 4.90 Å². The minimum atomic E-state index is -0.467. The van der Waals surface area contributed by atoms with Gasteiger partial charge < -0.3 is 20.1 Å². The van der Waals surface area contributed by atoms with E-state index < -0.39 is 6.09 Å². The van der Waals surface area contributed by atoms with Crippen LogP contribution in [0.25, 0.3) is 0 Å². The van der Waals surface area contributed by atoms with Crippen molar-refractivity contribution in [3.63, 3.8) is 0 Å². The number of carbonyl (C=O) groups excluding carboxylic acids is 2. The van der Waals surface area contributed by atoms with E-state index in [1.807, 2.05) is 40.7 Å². The lowest BCUT2D eigenvalue weighted by Gasteiger charge is -2.31. The maximum absolute atomic E-state index is 12.7. The molecule has 1 aliphatic heterocycles. The largest absolute Gasteiger partial charge is 0.447 e. The van der Waals surface area contributed by atoms with Gasteiger partial charge in [0.2, 0.25) is 5.95 Å². The van der Waals surface area contributed by atoms with E-state index in [0.29, 0.717) is 22.4 Å². The van der Waals surface area contributed by atoms with Crippen LogP contribution in [-0.2, 0) is 9.47 Å². The number of rotatable bonds is 8. The van der Waals surface area contributed by atoms with Crippen molar-refractivity contribution in [1.82, 2.24) is 15.3 Å². The van der Waals surface area contributed by atoms with E-state index in [9.17, 15) is 9.59 Å². The van der Waals surface area contributed by atoms with Gasteiger partial charge in [-0.2, -0.15) is 4.98 Å². The van der Waals surface area contributed by atoms with Gasteiger partial charge in [0.15, 0.2) is 0 Å². The lowest BCUT2D eigenvalue weighted by molar-refractivity contribution is -0.0618. The van der Waals surface area contributed by atoms with Crippen LogP contribution in [0, 0.1) is 0 Å². The molecule has 2 fully saturated rings. The number of nitrogens with zero attached hydrogens (tertiary/aromatic N) is 3. The van der Waals surface area contributed by atoms with Crippen LogP contribution < -0.4 is 15.5 Å². The van der Waals surface area contributed by atoms with Gasteiger partial charge in [-0.25, -0.2) is 9.78 Å². The molecule has 1 aromatic carbocycles. The molecular formula is C27H36ClN5O4. The Labute approximate surface area is 223 Å². The normalized spacial score (nSPS) is 20.0. The Balaban J connectivity index is 1.45. The zero-order valence-electron chi connectivity index (χ0n) is 22.1. The van der Waals surface area contributed by atoms with Gasteiger partial charge in [-0.05, 0) is 71.2 Å². The van der Waals surface area contributed by atoms with Crippen molar-refractivity contribution >= 4 is 35.4 Å². The number of benzene rings is 1. The van der Waals surface area contributed by atoms with Crippen molar-refractivity contribution in [2.45, 2.75) is 90.1 Å². The average Bonchev–Trinajstić information content (AvgIpc) is 3.47. The molecule has 2 aliphatic rings.